The molecule has 7 heteroatoms. The molecule has 4 nitrogen and oxygen atoms in total. The molecule has 0 saturated heterocycles. The molecule has 4 rings (SSSR count). The lowest BCUT2D eigenvalue weighted by Crippen LogP contribution is -2.17. The number of hydrogen-bond acceptors (Lipinski definition) is 4. The second-order valence-corrected chi connectivity index (χ2v) is 8.06. The second kappa shape index (κ2) is 10.6. The monoisotopic (exact) mass is 465 g/mol. The van der Waals surface area contributed by atoms with Gasteiger partial charge in [0.15, 0.2) is 0 Å². The van der Waals surface area contributed by atoms with E-state index < -0.39 is 11.7 Å². The van der Waals surface area contributed by atoms with Crippen LogP contribution in [-0.4, -0.2) is 18.1 Å². The first kappa shape index (κ1) is 23.6. The number of anilines is 2. The van der Waals surface area contributed by atoms with Gasteiger partial charge in [-0.15, -0.1) is 0 Å². The molecule has 0 aliphatic carbocycles. The van der Waals surface area contributed by atoms with Crippen LogP contribution >= 0.6 is 0 Å². The Morgan fingerprint density at radius 2 is 1.68 bits per heavy atom. The number of rotatable bonds is 9. The minimum atomic E-state index is -4.48. The van der Waals surface area contributed by atoms with Crippen LogP contribution in [0, 0.1) is 6.92 Å². The average molecular weight is 466 g/mol. The summed E-state index contributed by atoms with van der Waals surface area (Å²) >= 11 is 0. The number of benzene rings is 3. The summed E-state index contributed by atoms with van der Waals surface area (Å²) in [6.07, 6.45) is -3.82. The van der Waals surface area contributed by atoms with Crippen molar-refractivity contribution in [1.82, 2.24) is 10.3 Å². The van der Waals surface area contributed by atoms with E-state index in [2.05, 4.69) is 15.6 Å². The molecule has 0 aliphatic rings. The van der Waals surface area contributed by atoms with Crippen molar-refractivity contribution in [3.63, 3.8) is 0 Å². The normalized spacial score (nSPS) is 11.5. The molecule has 0 aliphatic heterocycles. The molecular formula is C27H26F3N3O. The largest absolute Gasteiger partial charge is 0.493 e. The van der Waals surface area contributed by atoms with Gasteiger partial charge in [0.25, 0.3) is 0 Å². The van der Waals surface area contributed by atoms with Crippen LogP contribution in [0.5, 0.6) is 5.75 Å². The highest BCUT2D eigenvalue weighted by atomic mass is 19.4. The fourth-order valence-corrected chi connectivity index (χ4v) is 3.70. The minimum absolute atomic E-state index is 0.176. The molecule has 0 bridgehead atoms. The molecule has 0 atom stereocenters. The number of aryl methyl sites for hydroxylation is 1. The number of para-hydroxylation sites is 1. The standard InChI is InChI=1S/C27H26F3N3O/c1-19-14-26(24-10-5-6-11-25(24)32-19)33-22-15-21(27(28,29)30)16-23(17-22)34-13-7-12-31-18-20-8-3-2-4-9-20/h2-6,8-11,14-17,31H,7,12-13,18H2,1H3,(H,32,33). The van der Waals surface area contributed by atoms with Gasteiger partial charge >= 0.3 is 6.18 Å². The van der Waals surface area contributed by atoms with Gasteiger partial charge in [0, 0.05) is 35.1 Å². The van der Waals surface area contributed by atoms with E-state index in [0.717, 1.165) is 35.3 Å². The fraction of sp³-hybridized carbons (Fsp3) is 0.222. The first-order valence-corrected chi connectivity index (χ1v) is 11.1. The van der Waals surface area contributed by atoms with Crippen LogP contribution in [0.15, 0.2) is 78.9 Å². The number of ether oxygens (including phenoxy) is 1. The summed E-state index contributed by atoms with van der Waals surface area (Å²) in [5.41, 5.74) is 2.96. The number of pyridine rings is 1. The predicted octanol–water partition coefficient (Wildman–Crippen LogP) is 6.86. The topological polar surface area (TPSA) is 46.2 Å². The maximum atomic E-state index is 13.6. The van der Waals surface area contributed by atoms with Gasteiger partial charge in [0.05, 0.1) is 17.7 Å². The van der Waals surface area contributed by atoms with E-state index in [-0.39, 0.29) is 5.75 Å². The van der Waals surface area contributed by atoms with Crippen LogP contribution in [0.2, 0.25) is 0 Å². The molecule has 176 valence electrons. The number of nitrogens with zero attached hydrogens (tertiary/aromatic N) is 1. The van der Waals surface area contributed by atoms with E-state index in [9.17, 15) is 13.2 Å². The van der Waals surface area contributed by atoms with Crippen molar-refractivity contribution in [2.24, 2.45) is 0 Å². The molecule has 0 radical (unpaired) electrons. The molecule has 0 unspecified atom stereocenters. The quantitative estimate of drug-likeness (QED) is 0.265. The van der Waals surface area contributed by atoms with Gasteiger partial charge in [-0.05, 0) is 49.7 Å². The summed E-state index contributed by atoms with van der Waals surface area (Å²) in [6, 6.07) is 23.1. The molecule has 0 fully saturated rings. The number of halogens is 3. The maximum Gasteiger partial charge on any atom is 0.416 e. The zero-order chi connectivity index (χ0) is 24.0. The van der Waals surface area contributed by atoms with E-state index in [0.29, 0.717) is 30.9 Å². The zero-order valence-electron chi connectivity index (χ0n) is 18.8. The van der Waals surface area contributed by atoms with Crippen molar-refractivity contribution < 1.29 is 17.9 Å². The average Bonchev–Trinajstić information content (AvgIpc) is 2.81. The number of alkyl halides is 3. The summed E-state index contributed by atoms with van der Waals surface area (Å²) in [7, 11) is 0. The van der Waals surface area contributed by atoms with Gasteiger partial charge in [-0.3, -0.25) is 4.98 Å². The van der Waals surface area contributed by atoms with Crippen LogP contribution < -0.4 is 15.4 Å². The molecule has 4 aromatic rings. The third kappa shape index (κ3) is 6.26. The summed E-state index contributed by atoms with van der Waals surface area (Å²) in [5, 5.41) is 7.28. The smallest absolute Gasteiger partial charge is 0.416 e. The molecule has 0 amide bonds. The van der Waals surface area contributed by atoms with Gasteiger partial charge in [-0.25, -0.2) is 0 Å². The summed E-state index contributed by atoms with van der Waals surface area (Å²) < 4.78 is 46.3. The Morgan fingerprint density at radius 1 is 0.912 bits per heavy atom. The summed E-state index contributed by atoms with van der Waals surface area (Å²) in [6.45, 7) is 3.59. The molecule has 0 saturated carbocycles. The third-order valence-corrected chi connectivity index (χ3v) is 5.30. The second-order valence-electron chi connectivity index (χ2n) is 8.06. The Labute approximate surface area is 196 Å². The molecule has 34 heavy (non-hydrogen) atoms. The Kier molecular flexibility index (Phi) is 7.33. The predicted molar refractivity (Wildman–Crippen MR) is 129 cm³/mol. The van der Waals surface area contributed by atoms with E-state index in [1.54, 1.807) is 6.07 Å². The van der Waals surface area contributed by atoms with Crippen molar-refractivity contribution in [3.8, 4) is 5.75 Å². The maximum absolute atomic E-state index is 13.6. The molecule has 1 heterocycles. The van der Waals surface area contributed by atoms with Crippen molar-refractivity contribution in [1.29, 1.82) is 0 Å². The van der Waals surface area contributed by atoms with E-state index >= 15 is 0 Å². The fourth-order valence-electron chi connectivity index (χ4n) is 3.70. The Bertz CT molecular complexity index is 1240. The third-order valence-electron chi connectivity index (χ3n) is 5.30. The molecule has 2 N–H and O–H groups in total. The number of hydrogen-bond donors (Lipinski definition) is 2. The first-order valence-electron chi connectivity index (χ1n) is 11.1. The molecule has 3 aromatic carbocycles. The van der Waals surface area contributed by atoms with Crippen molar-refractivity contribution in [2.45, 2.75) is 26.1 Å². The van der Waals surface area contributed by atoms with Crippen molar-refractivity contribution >= 4 is 22.3 Å². The van der Waals surface area contributed by atoms with Crippen LogP contribution in [0.3, 0.4) is 0 Å². The molecule has 1 aromatic heterocycles. The van der Waals surface area contributed by atoms with Gasteiger partial charge < -0.3 is 15.4 Å². The lowest BCUT2D eigenvalue weighted by Gasteiger charge is -2.16. The Hall–Kier alpha value is -3.58. The van der Waals surface area contributed by atoms with E-state index in [1.165, 1.54) is 5.56 Å². The van der Waals surface area contributed by atoms with E-state index in [1.807, 2.05) is 67.6 Å². The SMILES string of the molecule is Cc1cc(Nc2cc(OCCCNCc3ccccc3)cc(C(F)(F)F)c2)c2ccccc2n1. The highest BCUT2D eigenvalue weighted by molar-refractivity contribution is 5.93. The van der Waals surface area contributed by atoms with Gasteiger partial charge in [-0.1, -0.05) is 48.5 Å². The number of aromatic nitrogens is 1. The Morgan fingerprint density at radius 3 is 2.47 bits per heavy atom. The summed E-state index contributed by atoms with van der Waals surface area (Å²) in [4.78, 5) is 4.49. The molecular weight excluding hydrogens is 439 g/mol. The van der Waals surface area contributed by atoms with Crippen LogP contribution in [-0.2, 0) is 12.7 Å². The van der Waals surface area contributed by atoms with Gasteiger partial charge in [0.2, 0.25) is 0 Å². The van der Waals surface area contributed by atoms with Crippen LogP contribution in [0.1, 0.15) is 23.2 Å². The van der Waals surface area contributed by atoms with Crippen LogP contribution in [0.4, 0.5) is 24.5 Å². The van der Waals surface area contributed by atoms with E-state index in [4.69, 9.17) is 4.74 Å². The first-order chi connectivity index (χ1) is 16.4. The van der Waals surface area contributed by atoms with Crippen molar-refractivity contribution in [3.05, 3.63) is 95.7 Å². The number of fused-ring (bicyclic) bond motifs is 1. The lowest BCUT2D eigenvalue weighted by atomic mass is 10.1. The summed E-state index contributed by atoms with van der Waals surface area (Å²) in [5.74, 6) is 0.176. The number of nitrogens with one attached hydrogen (secondary N) is 2. The minimum Gasteiger partial charge on any atom is -0.493 e. The Balaban J connectivity index is 1.44. The van der Waals surface area contributed by atoms with Gasteiger partial charge in [-0.2, -0.15) is 13.2 Å². The van der Waals surface area contributed by atoms with Gasteiger partial charge in [0.1, 0.15) is 5.75 Å². The zero-order valence-corrected chi connectivity index (χ0v) is 18.8. The molecule has 0 spiro atoms. The van der Waals surface area contributed by atoms with Crippen LogP contribution in [0.25, 0.3) is 10.9 Å². The lowest BCUT2D eigenvalue weighted by molar-refractivity contribution is -0.137. The highest BCUT2D eigenvalue weighted by Gasteiger charge is 2.31. The highest BCUT2D eigenvalue weighted by Crippen LogP contribution is 2.36. The van der Waals surface area contributed by atoms with Crippen molar-refractivity contribution in [2.75, 3.05) is 18.5 Å².